The average molecular weight is 238 g/mol. The maximum atomic E-state index is 13.0. The van der Waals surface area contributed by atoms with E-state index in [9.17, 15) is 4.39 Å². The van der Waals surface area contributed by atoms with Crippen molar-refractivity contribution in [2.45, 2.75) is 13.3 Å². The maximum Gasteiger partial charge on any atom is 0.197 e. The minimum atomic E-state index is -0.357. The minimum Gasteiger partial charge on any atom is -0.486 e. The van der Waals surface area contributed by atoms with Crippen molar-refractivity contribution < 1.29 is 9.13 Å². The molecule has 0 fully saturated rings. The lowest BCUT2D eigenvalue weighted by Crippen LogP contribution is -1.86. The highest BCUT2D eigenvalue weighted by molar-refractivity contribution is 7.17. The van der Waals surface area contributed by atoms with Gasteiger partial charge in [0.05, 0.1) is 19.0 Å². The Morgan fingerprint density at radius 1 is 1.44 bits per heavy atom. The summed E-state index contributed by atoms with van der Waals surface area (Å²) in [5.41, 5.74) is 1.58. The van der Waals surface area contributed by atoms with Crippen molar-refractivity contribution >= 4 is 11.3 Å². The van der Waals surface area contributed by atoms with Crippen LogP contribution in [-0.4, -0.2) is 17.1 Å². The summed E-state index contributed by atoms with van der Waals surface area (Å²) in [5, 5.41) is 1.52. The average Bonchev–Trinajstić information content (AvgIpc) is 2.72. The van der Waals surface area contributed by atoms with Gasteiger partial charge in [-0.2, -0.15) is 0 Å². The number of halogens is 1. The van der Waals surface area contributed by atoms with E-state index in [1.165, 1.54) is 23.6 Å². The number of thiazole rings is 1. The molecule has 0 radical (unpaired) electrons. The fourth-order valence-electron chi connectivity index (χ4n) is 1.37. The Labute approximate surface area is 96.9 Å². The molecule has 0 saturated carbocycles. The van der Waals surface area contributed by atoms with Gasteiger partial charge in [0.2, 0.25) is 0 Å². The Morgan fingerprint density at radius 3 is 2.81 bits per heavy atom. The molecule has 5 heteroatoms. The van der Waals surface area contributed by atoms with Crippen LogP contribution in [-0.2, 0) is 6.42 Å². The van der Waals surface area contributed by atoms with Gasteiger partial charge in [-0.15, -0.1) is 0 Å². The van der Waals surface area contributed by atoms with Crippen LogP contribution in [0.5, 0.6) is 5.06 Å². The van der Waals surface area contributed by atoms with Gasteiger partial charge < -0.3 is 4.74 Å². The predicted molar refractivity (Wildman–Crippen MR) is 61.2 cm³/mol. The third kappa shape index (κ3) is 2.04. The van der Waals surface area contributed by atoms with Gasteiger partial charge in [-0.25, -0.2) is 9.37 Å². The van der Waals surface area contributed by atoms with Crippen molar-refractivity contribution in [2.24, 2.45) is 0 Å². The molecule has 0 aliphatic heterocycles. The Bertz CT molecular complexity index is 477. The summed E-state index contributed by atoms with van der Waals surface area (Å²) in [7, 11) is 1.61. The Balaban J connectivity index is 2.44. The van der Waals surface area contributed by atoms with Gasteiger partial charge in [0, 0.05) is 11.8 Å². The lowest BCUT2D eigenvalue weighted by Gasteiger charge is -1.94. The normalized spacial score (nSPS) is 10.4. The van der Waals surface area contributed by atoms with Crippen LogP contribution in [0.1, 0.15) is 12.6 Å². The molecule has 0 amide bonds. The fourth-order valence-corrected chi connectivity index (χ4v) is 2.32. The number of methoxy groups -OCH3 is 1. The molecule has 0 spiro atoms. The van der Waals surface area contributed by atoms with Gasteiger partial charge in [-0.1, -0.05) is 18.3 Å². The van der Waals surface area contributed by atoms with Gasteiger partial charge in [-0.3, -0.25) is 4.98 Å². The van der Waals surface area contributed by atoms with E-state index in [2.05, 4.69) is 9.97 Å². The van der Waals surface area contributed by atoms with Crippen LogP contribution in [0.2, 0.25) is 0 Å². The second-order valence-corrected chi connectivity index (χ2v) is 4.16. The lowest BCUT2D eigenvalue weighted by molar-refractivity contribution is 0.421. The van der Waals surface area contributed by atoms with Crippen molar-refractivity contribution in [1.82, 2.24) is 9.97 Å². The van der Waals surface area contributed by atoms with Crippen LogP contribution >= 0.6 is 11.3 Å². The molecular formula is C11H11FN2OS. The van der Waals surface area contributed by atoms with Gasteiger partial charge >= 0.3 is 0 Å². The first-order chi connectivity index (χ1) is 7.74. The quantitative estimate of drug-likeness (QED) is 0.824. The molecule has 2 heterocycles. The van der Waals surface area contributed by atoms with Gasteiger partial charge in [0.15, 0.2) is 5.06 Å². The van der Waals surface area contributed by atoms with Crippen LogP contribution in [0.3, 0.4) is 0 Å². The number of hydrogen-bond acceptors (Lipinski definition) is 4. The standard InChI is InChI=1S/C11H11FN2OS/c1-3-9-11(15-2)16-10(14-9)7-4-8(12)6-13-5-7/h4-6H,3H2,1-2H3. The Morgan fingerprint density at radius 2 is 2.25 bits per heavy atom. The van der Waals surface area contributed by atoms with Crippen LogP contribution in [0.4, 0.5) is 4.39 Å². The highest BCUT2D eigenvalue weighted by atomic mass is 32.1. The number of hydrogen-bond donors (Lipinski definition) is 0. The summed E-state index contributed by atoms with van der Waals surface area (Å²) in [4.78, 5) is 8.20. The van der Waals surface area contributed by atoms with Gasteiger partial charge in [0.1, 0.15) is 10.8 Å². The number of aromatic nitrogens is 2. The van der Waals surface area contributed by atoms with Crippen molar-refractivity contribution in [2.75, 3.05) is 7.11 Å². The highest BCUT2D eigenvalue weighted by Gasteiger charge is 2.12. The second-order valence-electron chi connectivity index (χ2n) is 3.20. The monoisotopic (exact) mass is 238 g/mol. The summed E-state index contributed by atoms with van der Waals surface area (Å²) in [5.74, 6) is -0.357. The summed E-state index contributed by atoms with van der Waals surface area (Å²) in [6, 6.07) is 1.42. The van der Waals surface area contributed by atoms with E-state index >= 15 is 0 Å². The second kappa shape index (κ2) is 4.57. The molecule has 0 aromatic carbocycles. The number of aryl methyl sites for hydroxylation is 1. The largest absolute Gasteiger partial charge is 0.486 e. The number of ether oxygens (including phenoxy) is 1. The first kappa shape index (κ1) is 11.0. The molecular weight excluding hydrogens is 227 g/mol. The maximum absolute atomic E-state index is 13.0. The molecule has 0 atom stereocenters. The van der Waals surface area contributed by atoms with E-state index in [1.54, 1.807) is 13.3 Å². The summed E-state index contributed by atoms with van der Waals surface area (Å²) in [6.45, 7) is 2.01. The molecule has 2 rings (SSSR count). The minimum absolute atomic E-state index is 0.357. The van der Waals surface area contributed by atoms with Crippen molar-refractivity contribution in [3.63, 3.8) is 0 Å². The van der Waals surface area contributed by atoms with Gasteiger partial charge in [0.25, 0.3) is 0 Å². The predicted octanol–water partition coefficient (Wildman–Crippen LogP) is 2.92. The first-order valence-electron chi connectivity index (χ1n) is 4.89. The molecule has 2 aromatic heterocycles. The molecule has 0 unspecified atom stereocenters. The van der Waals surface area contributed by atoms with Crippen LogP contribution < -0.4 is 4.74 Å². The van der Waals surface area contributed by atoms with Crippen LogP contribution in [0.25, 0.3) is 10.6 Å². The molecule has 0 aliphatic carbocycles. The Kier molecular flexibility index (Phi) is 3.14. The molecule has 0 saturated heterocycles. The van der Waals surface area contributed by atoms with E-state index in [-0.39, 0.29) is 5.82 Å². The van der Waals surface area contributed by atoms with E-state index in [0.717, 1.165) is 22.2 Å². The molecule has 0 N–H and O–H groups in total. The highest BCUT2D eigenvalue weighted by Crippen LogP contribution is 2.33. The molecule has 0 aliphatic rings. The lowest BCUT2D eigenvalue weighted by atomic mass is 10.3. The fraction of sp³-hybridized carbons (Fsp3) is 0.273. The third-order valence-electron chi connectivity index (χ3n) is 2.13. The van der Waals surface area contributed by atoms with E-state index < -0.39 is 0 Å². The Hall–Kier alpha value is -1.49. The molecule has 84 valence electrons. The van der Waals surface area contributed by atoms with E-state index in [0.29, 0.717) is 5.56 Å². The SMILES string of the molecule is CCc1nc(-c2cncc(F)c2)sc1OC. The zero-order valence-electron chi connectivity index (χ0n) is 9.03. The first-order valence-corrected chi connectivity index (χ1v) is 5.71. The van der Waals surface area contributed by atoms with Crippen LogP contribution in [0, 0.1) is 5.82 Å². The zero-order valence-corrected chi connectivity index (χ0v) is 9.84. The number of rotatable bonds is 3. The summed E-state index contributed by atoms with van der Waals surface area (Å²) >= 11 is 1.41. The summed E-state index contributed by atoms with van der Waals surface area (Å²) < 4.78 is 18.2. The zero-order chi connectivity index (χ0) is 11.5. The van der Waals surface area contributed by atoms with Crippen LogP contribution in [0.15, 0.2) is 18.5 Å². The molecule has 3 nitrogen and oxygen atoms in total. The summed E-state index contributed by atoms with van der Waals surface area (Å²) in [6.07, 6.45) is 3.57. The van der Waals surface area contributed by atoms with Gasteiger partial charge in [-0.05, 0) is 12.5 Å². The third-order valence-corrected chi connectivity index (χ3v) is 3.24. The van der Waals surface area contributed by atoms with Crippen molar-refractivity contribution in [1.29, 1.82) is 0 Å². The topological polar surface area (TPSA) is 35.0 Å². The van der Waals surface area contributed by atoms with E-state index in [1.807, 2.05) is 6.92 Å². The molecule has 16 heavy (non-hydrogen) atoms. The smallest absolute Gasteiger partial charge is 0.197 e. The molecule has 2 aromatic rings. The van der Waals surface area contributed by atoms with Crippen molar-refractivity contribution in [3.8, 4) is 15.6 Å². The number of nitrogens with zero attached hydrogens (tertiary/aromatic N) is 2. The van der Waals surface area contributed by atoms with Crippen molar-refractivity contribution in [3.05, 3.63) is 30.0 Å². The van der Waals surface area contributed by atoms with E-state index in [4.69, 9.17) is 4.74 Å². The molecule has 0 bridgehead atoms. The number of pyridine rings is 1.